The highest BCUT2D eigenvalue weighted by Crippen LogP contribution is 2.20. The number of fused-ring (bicyclic) bond motifs is 1. The fraction of sp³-hybridized carbons (Fsp3) is 0.400. The van der Waals surface area contributed by atoms with Crippen LogP contribution in [0.1, 0.15) is 28.8 Å². The van der Waals surface area contributed by atoms with Crippen LogP contribution in [0.3, 0.4) is 0 Å². The van der Waals surface area contributed by atoms with Gasteiger partial charge in [0.05, 0.1) is 17.2 Å². The third kappa shape index (κ3) is 4.43. The van der Waals surface area contributed by atoms with Crippen molar-refractivity contribution >= 4 is 28.2 Å². The zero-order valence-electron chi connectivity index (χ0n) is 16.0. The molecular formula is C20H27N5S. The monoisotopic (exact) mass is 369 g/mol. The third-order valence-corrected chi connectivity index (χ3v) is 5.15. The summed E-state index contributed by atoms with van der Waals surface area (Å²) in [4.78, 5) is 14.9. The number of nitrogens with zero attached hydrogens (tertiary/aromatic N) is 3. The molecule has 0 saturated heterocycles. The van der Waals surface area contributed by atoms with Crippen LogP contribution in [0, 0.1) is 13.8 Å². The molecule has 0 bridgehead atoms. The Labute approximate surface area is 159 Å². The molecule has 0 atom stereocenters. The Morgan fingerprint density at radius 1 is 1.35 bits per heavy atom. The van der Waals surface area contributed by atoms with Crippen molar-refractivity contribution in [2.24, 2.45) is 4.99 Å². The molecule has 0 amide bonds. The van der Waals surface area contributed by atoms with Crippen molar-refractivity contribution in [3.8, 4) is 0 Å². The van der Waals surface area contributed by atoms with Gasteiger partial charge in [0.25, 0.3) is 0 Å². The second-order valence-electron chi connectivity index (χ2n) is 6.56. The van der Waals surface area contributed by atoms with Gasteiger partial charge < -0.3 is 15.2 Å². The molecule has 0 radical (unpaired) electrons. The lowest BCUT2D eigenvalue weighted by Crippen LogP contribution is -2.38. The molecule has 1 aromatic carbocycles. The lowest BCUT2D eigenvalue weighted by molar-refractivity contribution is 0.471. The van der Waals surface area contributed by atoms with Gasteiger partial charge in [0, 0.05) is 42.6 Å². The summed E-state index contributed by atoms with van der Waals surface area (Å²) in [6.07, 6.45) is 3.02. The van der Waals surface area contributed by atoms with Crippen LogP contribution in [-0.2, 0) is 13.0 Å². The largest absolute Gasteiger partial charge is 0.361 e. The first-order valence-corrected chi connectivity index (χ1v) is 9.92. The first-order chi connectivity index (χ1) is 12.6. The van der Waals surface area contributed by atoms with E-state index in [0.717, 1.165) is 42.7 Å². The predicted molar refractivity (Wildman–Crippen MR) is 111 cm³/mol. The number of aromatic nitrogens is 2. The summed E-state index contributed by atoms with van der Waals surface area (Å²) in [5, 5.41) is 7.89. The van der Waals surface area contributed by atoms with Gasteiger partial charge in [-0.3, -0.25) is 4.99 Å². The molecule has 2 aromatic heterocycles. The van der Waals surface area contributed by atoms with E-state index in [9.17, 15) is 0 Å². The smallest absolute Gasteiger partial charge is 0.194 e. The molecule has 0 aliphatic rings. The molecule has 2 heterocycles. The molecule has 0 aliphatic heterocycles. The van der Waals surface area contributed by atoms with Gasteiger partial charge in [0.2, 0.25) is 0 Å². The van der Waals surface area contributed by atoms with Gasteiger partial charge >= 0.3 is 0 Å². The lowest BCUT2D eigenvalue weighted by atomic mass is 10.1. The molecule has 0 aliphatic carbocycles. The number of aromatic amines is 1. The van der Waals surface area contributed by atoms with E-state index >= 15 is 0 Å². The molecule has 0 fully saturated rings. The molecule has 5 nitrogen and oxygen atoms in total. The first kappa shape index (κ1) is 18.5. The molecule has 6 heteroatoms. The molecule has 138 valence electrons. The van der Waals surface area contributed by atoms with Crippen LogP contribution in [0.2, 0.25) is 0 Å². The fourth-order valence-corrected chi connectivity index (χ4v) is 3.66. The van der Waals surface area contributed by atoms with Gasteiger partial charge in [-0.1, -0.05) is 12.1 Å². The summed E-state index contributed by atoms with van der Waals surface area (Å²) in [6.45, 7) is 8.62. The highest BCUT2D eigenvalue weighted by molar-refractivity contribution is 7.09. The average Bonchev–Trinajstić information content (AvgIpc) is 3.20. The quantitative estimate of drug-likeness (QED) is 0.512. The summed E-state index contributed by atoms with van der Waals surface area (Å²) >= 11 is 1.69. The minimum Gasteiger partial charge on any atom is -0.361 e. The SMILES string of the molecule is CCNC(=NCCc1c[nH]c2cc(C)ccc12)N(C)Cc1csc(C)n1. The number of hydrogen-bond donors (Lipinski definition) is 2. The Morgan fingerprint density at radius 2 is 2.19 bits per heavy atom. The van der Waals surface area contributed by atoms with Gasteiger partial charge in [-0.05, 0) is 44.4 Å². The Hall–Kier alpha value is -2.34. The van der Waals surface area contributed by atoms with Gasteiger partial charge in [-0.2, -0.15) is 0 Å². The van der Waals surface area contributed by atoms with E-state index in [0.29, 0.717) is 0 Å². The molecule has 26 heavy (non-hydrogen) atoms. The summed E-state index contributed by atoms with van der Waals surface area (Å²) in [6, 6.07) is 6.55. The molecule has 2 N–H and O–H groups in total. The van der Waals surface area contributed by atoms with E-state index < -0.39 is 0 Å². The number of aliphatic imine (C=N–C) groups is 1. The van der Waals surface area contributed by atoms with E-state index in [1.165, 1.54) is 22.0 Å². The van der Waals surface area contributed by atoms with Crippen LogP contribution in [0.15, 0.2) is 34.8 Å². The summed E-state index contributed by atoms with van der Waals surface area (Å²) in [5.41, 5.74) is 4.88. The molecule has 0 saturated carbocycles. The number of guanidine groups is 1. The van der Waals surface area contributed by atoms with Crippen LogP contribution in [-0.4, -0.2) is 41.0 Å². The van der Waals surface area contributed by atoms with E-state index in [1.54, 1.807) is 11.3 Å². The van der Waals surface area contributed by atoms with E-state index in [4.69, 9.17) is 4.99 Å². The number of rotatable bonds is 6. The molecular weight excluding hydrogens is 342 g/mol. The first-order valence-electron chi connectivity index (χ1n) is 9.04. The van der Waals surface area contributed by atoms with Crippen LogP contribution >= 0.6 is 11.3 Å². The van der Waals surface area contributed by atoms with Crippen molar-refractivity contribution < 1.29 is 0 Å². The highest BCUT2D eigenvalue weighted by Gasteiger charge is 2.09. The zero-order chi connectivity index (χ0) is 18.5. The molecule has 3 rings (SSSR count). The van der Waals surface area contributed by atoms with E-state index in [1.807, 2.05) is 6.92 Å². The molecule has 3 aromatic rings. The van der Waals surface area contributed by atoms with Gasteiger partial charge in [0.1, 0.15) is 0 Å². The van der Waals surface area contributed by atoms with Gasteiger partial charge in [-0.25, -0.2) is 4.98 Å². The van der Waals surface area contributed by atoms with Crippen molar-refractivity contribution in [1.29, 1.82) is 0 Å². The summed E-state index contributed by atoms with van der Waals surface area (Å²) in [7, 11) is 2.06. The van der Waals surface area contributed by atoms with E-state index in [2.05, 4.69) is 70.9 Å². The maximum Gasteiger partial charge on any atom is 0.194 e. The van der Waals surface area contributed by atoms with Crippen LogP contribution in [0.4, 0.5) is 0 Å². The Kier molecular flexibility index (Phi) is 5.93. The number of H-pyrrole nitrogens is 1. The Morgan fingerprint density at radius 3 is 2.92 bits per heavy atom. The number of aryl methyl sites for hydroxylation is 2. The van der Waals surface area contributed by atoms with Gasteiger partial charge in [-0.15, -0.1) is 11.3 Å². The maximum absolute atomic E-state index is 4.81. The predicted octanol–water partition coefficient (Wildman–Crippen LogP) is 3.88. The Bertz CT molecular complexity index is 893. The summed E-state index contributed by atoms with van der Waals surface area (Å²) < 4.78 is 0. The van der Waals surface area contributed by atoms with Crippen molar-refractivity contribution in [3.63, 3.8) is 0 Å². The second kappa shape index (κ2) is 8.36. The minimum atomic E-state index is 0.754. The molecule has 0 spiro atoms. The minimum absolute atomic E-state index is 0.754. The van der Waals surface area contributed by atoms with Crippen molar-refractivity contribution in [2.45, 2.75) is 33.7 Å². The third-order valence-electron chi connectivity index (χ3n) is 4.33. The van der Waals surface area contributed by atoms with Gasteiger partial charge in [0.15, 0.2) is 5.96 Å². The topological polar surface area (TPSA) is 56.3 Å². The van der Waals surface area contributed by atoms with Crippen molar-refractivity contribution in [1.82, 2.24) is 20.2 Å². The number of benzene rings is 1. The standard InChI is InChI=1S/C20H27N5S/c1-5-21-20(25(4)12-17-13-26-15(3)24-17)22-9-8-16-11-23-19-10-14(2)6-7-18(16)19/h6-7,10-11,13,23H,5,8-9,12H2,1-4H3,(H,21,22). The van der Waals surface area contributed by atoms with Crippen molar-refractivity contribution in [2.75, 3.05) is 20.1 Å². The zero-order valence-corrected chi connectivity index (χ0v) is 16.8. The number of hydrogen-bond acceptors (Lipinski definition) is 3. The normalized spacial score (nSPS) is 11.9. The number of thiazole rings is 1. The Balaban J connectivity index is 1.66. The second-order valence-corrected chi connectivity index (χ2v) is 7.62. The van der Waals surface area contributed by atoms with E-state index in [-0.39, 0.29) is 0 Å². The molecule has 0 unspecified atom stereocenters. The maximum atomic E-state index is 4.81. The fourth-order valence-electron chi connectivity index (χ4n) is 3.06. The highest BCUT2D eigenvalue weighted by atomic mass is 32.1. The number of nitrogens with one attached hydrogen (secondary N) is 2. The van der Waals surface area contributed by atoms with Crippen molar-refractivity contribution in [3.05, 3.63) is 51.6 Å². The van der Waals surface area contributed by atoms with Crippen LogP contribution in [0.25, 0.3) is 10.9 Å². The lowest BCUT2D eigenvalue weighted by Gasteiger charge is -2.21. The average molecular weight is 370 g/mol. The van der Waals surface area contributed by atoms with Crippen LogP contribution in [0.5, 0.6) is 0 Å². The van der Waals surface area contributed by atoms with Crippen LogP contribution < -0.4 is 5.32 Å². The summed E-state index contributed by atoms with van der Waals surface area (Å²) in [5.74, 6) is 0.925.